The maximum atomic E-state index is 13.3. The van der Waals surface area contributed by atoms with Gasteiger partial charge in [0.05, 0.1) is 11.4 Å². The van der Waals surface area contributed by atoms with Crippen molar-refractivity contribution in [2.24, 2.45) is 5.92 Å². The Balaban J connectivity index is 1.92. The molecule has 0 aliphatic heterocycles. The molecule has 3 amide bonds. The van der Waals surface area contributed by atoms with Crippen LogP contribution in [0.4, 0.5) is 10.6 Å². The van der Waals surface area contributed by atoms with E-state index in [1.165, 1.54) is 0 Å². The van der Waals surface area contributed by atoms with E-state index in [0.717, 1.165) is 40.9 Å². The van der Waals surface area contributed by atoms with Gasteiger partial charge in [-0.2, -0.15) is 5.10 Å². The van der Waals surface area contributed by atoms with Crippen molar-refractivity contribution >= 4 is 17.8 Å². The zero-order chi connectivity index (χ0) is 25.4. The lowest BCUT2D eigenvalue weighted by Crippen LogP contribution is -2.46. The van der Waals surface area contributed by atoms with Crippen LogP contribution in [0.15, 0.2) is 54.6 Å². The summed E-state index contributed by atoms with van der Waals surface area (Å²) < 4.78 is 1.77. The number of nitrogens with zero attached hydrogens (tertiary/aromatic N) is 3. The number of aryl methyl sites for hydroxylation is 2. The van der Waals surface area contributed by atoms with Crippen molar-refractivity contribution in [3.63, 3.8) is 0 Å². The molecule has 1 heterocycles. The van der Waals surface area contributed by atoms with E-state index in [1.54, 1.807) is 9.58 Å². The van der Waals surface area contributed by atoms with E-state index in [1.807, 2.05) is 82.3 Å². The molecule has 0 aliphatic rings. The summed E-state index contributed by atoms with van der Waals surface area (Å²) in [6.45, 7) is 11.2. The summed E-state index contributed by atoms with van der Waals surface area (Å²) in [6, 6.07) is 17.7. The molecular formula is C28H37N5O2. The third kappa shape index (κ3) is 6.94. The number of hydrogen-bond donors (Lipinski definition) is 2. The highest BCUT2D eigenvalue weighted by Crippen LogP contribution is 2.33. The smallest absolute Gasteiger partial charge is 0.317 e. The molecule has 0 radical (unpaired) electrons. The monoisotopic (exact) mass is 475 g/mol. The number of anilines is 1. The quantitative estimate of drug-likeness (QED) is 0.377. The first-order valence-electron chi connectivity index (χ1n) is 12.3. The molecule has 0 bridgehead atoms. The molecule has 0 saturated carbocycles. The van der Waals surface area contributed by atoms with Crippen molar-refractivity contribution < 1.29 is 9.59 Å². The van der Waals surface area contributed by atoms with Crippen molar-refractivity contribution in [3.05, 3.63) is 65.9 Å². The molecule has 7 nitrogen and oxygen atoms in total. The minimum atomic E-state index is -0.262. The van der Waals surface area contributed by atoms with Gasteiger partial charge < -0.3 is 15.5 Å². The summed E-state index contributed by atoms with van der Waals surface area (Å²) >= 11 is 0. The molecule has 35 heavy (non-hydrogen) atoms. The van der Waals surface area contributed by atoms with Crippen molar-refractivity contribution in [2.75, 3.05) is 25.0 Å². The summed E-state index contributed by atoms with van der Waals surface area (Å²) in [5.41, 5.74) is 4.64. The summed E-state index contributed by atoms with van der Waals surface area (Å²) in [5.74, 6) is 0.570. The number of carbonyl (C=O) groups excluding carboxylic acids is 2. The molecule has 186 valence electrons. The Kier molecular flexibility index (Phi) is 9.06. The largest absolute Gasteiger partial charge is 0.338 e. The van der Waals surface area contributed by atoms with Gasteiger partial charge in [-0.15, -0.1) is 0 Å². The zero-order valence-electron chi connectivity index (χ0n) is 21.5. The van der Waals surface area contributed by atoms with E-state index >= 15 is 0 Å². The summed E-state index contributed by atoms with van der Waals surface area (Å²) in [4.78, 5) is 27.6. The Hall–Kier alpha value is -3.61. The van der Waals surface area contributed by atoms with E-state index in [0.29, 0.717) is 18.9 Å². The van der Waals surface area contributed by atoms with Crippen LogP contribution >= 0.6 is 0 Å². The van der Waals surface area contributed by atoms with Crippen LogP contribution in [-0.4, -0.2) is 46.3 Å². The number of unbranched alkanes of at least 4 members (excludes halogenated alkanes) is 1. The lowest BCUT2D eigenvalue weighted by Gasteiger charge is -2.24. The van der Waals surface area contributed by atoms with Crippen LogP contribution in [0.5, 0.6) is 0 Å². The van der Waals surface area contributed by atoms with Gasteiger partial charge in [-0.3, -0.25) is 4.79 Å². The van der Waals surface area contributed by atoms with Crippen LogP contribution in [-0.2, 0) is 4.79 Å². The minimum Gasteiger partial charge on any atom is -0.338 e. The lowest BCUT2D eigenvalue weighted by molar-refractivity contribution is -0.116. The Bertz CT molecular complexity index is 1120. The number of nitrogens with one attached hydrogen (secondary N) is 2. The fraction of sp³-hybridized carbons (Fsp3) is 0.393. The van der Waals surface area contributed by atoms with Crippen LogP contribution in [0.3, 0.4) is 0 Å². The third-order valence-corrected chi connectivity index (χ3v) is 5.67. The summed E-state index contributed by atoms with van der Waals surface area (Å²) in [5, 5.41) is 10.8. The van der Waals surface area contributed by atoms with Crippen LogP contribution in [0, 0.1) is 19.8 Å². The van der Waals surface area contributed by atoms with E-state index in [2.05, 4.69) is 17.6 Å². The number of benzene rings is 2. The average molecular weight is 476 g/mol. The number of aromatic nitrogens is 2. The first kappa shape index (κ1) is 26.0. The van der Waals surface area contributed by atoms with Crippen molar-refractivity contribution in [3.8, 4) is 16.8 Å². The number of carbonyl (C=O) groups is 2. The van der Waals surface area contributed by atoms with Gasteiger partial charge in [0.1, 0.15) is 12.4 Å². The molecule has 3 rings (SSSR count). The SMILES string of the molecule is CCCCNC(=O)N(CC(=O)Nc1c(-c2ccccc2)c(C)nn1-c1ccc(C)cc1)CC(C)C. The first-order chi connectivity index (χ1) is 16.8. The van der Waals surface area contributed by atoms with Crippen LogP contribution < -0.4 is 10.6 Å². The zero-order valence-corrected chi connectivity index (χ0v) is 21.5. The molecule has 1 aromatic heterocycles. The highest BCUT2D eigenvalue weighted by atomic mass is 16.2. The maximum absolute atomic E-state index is 13.3. The highest BCUT2D eigenvalue weighted by molar-refractivity contribution is 5.97. The Morgan fingerprint density at radius 3 is 2.34 bits per heavy atom. The second kappa shape index (κ2) is 12.2. The average Bonchev–Trinajstić information content (AvgIpc) is 3.14. The standard InChI is InChI=1S/C28H37N5O2/c1-6-7-17-29-28(35)32(18-20(2)3)19-25(34)30-27-26(23-11-9-8-10-12-23)22(5)31-33(27)24-15-13-21(4)14-16-24/h8-16,20H,6-7,17-19H2,1-5H3,(H,29,35)(H,30,34). The summed E-state index contributed by atoms with van der Waals surface area (Å²) in [6.07, 6.45) is 1.90. The molecule has 2 aromatic carbocycles. The molecule has 0 atom stereocenters. The highest BCUT2D eigenvalue weighted by Gasteiger charge is 2.23. The molecule has 0 spiro atoms. The van der Waals surface area contributed by atoms with Gasteiger partial charge in [-0.1, -0.05) is 75.2 Å². The van der Waals surface area contributed by atoms with Gasteiger partial charge in [-0.05, 0) is 43.9 Å². The second-order valence-corrected chi connectivity index (χ2v) is 9.33. The number of hydrogen-bond acceptors (Lipinski definition) is 3. The predicted octanol–water partition coefficient (Wildman–Crippen LogP) is 5.56. The van der Waals surface area contributed by atoms with Gasteiger partial charge in [0, 0.05) is 18.7 Å². The summed E-state index contributed by atoms with van der Waals surface area (Å²) in [7, 11) is 0. The predicted molar refractivity (Wildman–Crippen MR) is 142 cm³/mol. The molecule has 0 unspecified atom stereocenters. The molecule has 7 heteroatoms. The fourth-order valence-electron chi connectivity index (χ4n) is 3.95. The Morgan fingerprint density at radius 2 is 1.71 bits per heavy atom. The van der Waals surface area contributed by atoms with Gasteiger partial charge in [0.2, 0.25) is 5.91 Å². The van der Waals surface area contributed by atoms with Crippen molar-refractivity contribution in [2.45, 2.75) is 47.5 Å². The minimum absolute atomic E-state index is 0.0392. The van der Waals surface area contributed by atoms with Gasteiger partial charge >= 0.3 is 6.03 Å². The fourth-order valence-corrected chi connectivity index (χ4v) is 3.95. The second-order valence-electron chi connectivity index (χ2n) is 9.33. The van der Waals surface area contributed by atoms with Crippen LogP contribution in [0.2, 0.25) is 0 Å². The normalized spacial score (nSPS) is 10.9. The number of urea groups is 1. The lowest BCUT2D eigenvalue weighted by atomic mass is 10.1. The van der Waals surface area contributed by atoms with E-state index < -0.39 is 0 Å². The molecule has 2 N–H and O–H groups in total. The Morgan fingerprint density at radius 1 is 1.03 bits per heavy atom. The van der Waals surface area contributed by atoms with Crippen molar-refractivity contribution in [1.82, 2.24) is 20.0 Å². The first-order valence-corrected chi connectivity index (χ1v) is 12.3. The van der Waals surface area contributed by atoms with Gasteiger partial charge in [0.25, 0.3) is 0 Å². The topological polar surface area (TPSA) is 79.3 Å². The number of amides is 3. The Labute approximate surface area is 208 Å². The van der Waals surface area contributed by atoms with Gasteiger partial charge in [-0.25, -0.2) is 9.48 Å². The molecule has 3 aromatic rings. The van der Waals surface area contributed by atoms with Crippen LogP contribution in [0.1, 0.15) is 44.9 Å². The number of rotatable bonds is 10. The maximum Gasteiger partial charge on any atom is 0.317 e. The van der Waals surface area contributed by atoms with Gasteiger partial charge in [0.15, 0.2) is 0 Å². The van der Waals surface area contributed by atoms with E-state index in [4.69, 9.17) is 5.10 Å². The van der Waals surface area contributed by atoms with Crippen LogP contribution in [0.25, 0.3) is 16.8 Å². The molecule has 0 aliphatic carbocycles. The molecular weight excluding hydrogens is 438 g/mol. The third-order valence-electron chi connectivity index (χ3n) is 5.67. The van der Waals surface area contributed by atoms with E-state index in [9.17, 15) is 9.59 Å². The molecule has 0 fully saturated rings. The molecule has 0 saturated heterocycles. The van der Waals surface area contributed by atoms with E-state index in [-0.39, 0.29) is 24.4 Å². The van der Waals surface area contributed by atoms with Crippen molar-refractivity contribution in [1.29, 1.82) is 0 Å².